The van der Waals surface area contributed by atoms with Gasteiger partial charge in [0.15, 0.2) is 4.90 Å². The number of rotatable bonds is 5. The van der Waals surface area contributed by atoms with Crippen molar-refractivity contribution in [3.8, 4) is 0 Å². The van der Waals surface area contributed by atoms with Crippen LogP contribution in [-0.4, -0.2) is 57.3 Å². The Kier molecular flexibility index (Phi) is 8.37. The van der Waals surface area contributed by atoms with Crippen molar-refractivity contribution in [2.45, 2.75) is 67.2 Å². The zero-order chi connectivity index (χ0) is 26.7. The van der Waals surface area contributed by atoms with Crippen LogP contribution in [0.25, 0.3) is 0 Å². The number of anilines is 2. The molecule has 0 bridgehead atoms. The molecule has 0 aromatic heterocycles. The zero-order valence-corrected chi connectivity index (χ0v) is 23.0. The first kappa shape index (κ1) is 27.3. The molecule has 0 spiro atoms. The Morgan fingerprint density at radius 1 is 1.16 bits per heavy atom. The average molecular weight is 545 g/mol. The lowest BCUT2D eigenvalue weighted by Gasteiger charge is -2.33. The fourth-order valence-corrected chi connectivity index (χ4v) is 6.01. The van der Waals surface area contributed by atoms with Gasteiger partial charge in [0, 0.05) is 35.3 Å². The molecule has 0 radical (unpaired) electrons. The van der Waals surface area contributed by atoms with Crippen LogP contribution in [0.1, 0.15) is 50.9 Å². The molecule has 2 aromatic rings. The molecular formula is C26H32N4O5S2. The SMILES string of the molecule is CC1Sc2ccc(C(=O)Nc3cccc([S+]([O-])NC4CCN(C(=O)OC(C)(C)C)CC4)c3)cc2NC1=O. The minimum absolute atomic E-state index is 0.0101. The summed E-state index contributed by atoms with van der Waals surface area (Å²) in [5.41, 5.74) is 1.01. The Morgan fingerprint density at radius 3 is 2.59 bits per heavy atom. The highest BCUT2D eigenvalue weighted by atomic mass is 32.2. The minimum Gasteiger partial charge on any atom is -0.593 e. The Morgan fingerprint density at radius 2 is 1.89 bits per heavy atom. The lowest BCUT2D eigenvalue weighted by atomic mass is 10.1. The molecule has 3 N–H and O–H groups in total. The maximum absolute atomic E-state index is 13.0. The average Bonchev–Trinajstić information content (AvgIpc) is 2.84. The number of piperidine rings is 1. The quantitative estimate of drug-likeness (QED) is 0.477. The number of carbonyl (C=O) groups is 3. The Balaban J connectivity index is 1.32. The van der Waals surface area contributed by atoms with Crippen molar-refractivity contribution in [1.29, 1.82) is 0 Å². The maximum Gasteiger partial charge on any atom is 0.410 e. The van der Waals surface area contributed by atoms with Crippen LogP contribution >= 0.6 is 11.8 Å². The van der Waals surface area contributed by atoms with E-state index in [-0.39, 0.29) is 29.2 Å². The molecule has 11 heteroatoms. The van der Waals surface area contributed by atoms with Gasteiger partial charge in [0.2, 0.25) is 5.91 Å². The van der Waals surface area contributed by atoms with E-state index in [1.54, 1.807) is 41.3 Å². The van der Waals surface area contributed by atoms with E-state index in [9.17, 15) is 18.9 Å². The number of nitrogens with one attached hydrogen (secondary N) is 3. The van der Waals surface area contributed by atoms with E-state index >= 15 is 0 Å². The van der Waals surface area contributed by atoms with E-state index in [4.69, 9.17) is 4.74 Å². The minimum atomic E-state index is -1.48. The number of carbonyl (C=O) groups excluding carboxylic acids is 3. The van der Waals surface area contributed by atoms with Gasteiger partial charge in [0.1, 0.15) is 5.60 Å². The van der Waals surface area contributed by atoms with Crippen LogP contribution in [0.15, 0.2) is 52.3 Å². The molecule has 2 heterocycles. The molecule has 198 valence electrons. The molecule has 2 atom stereocenters. The van der Waals surface area contributed by atoms with E-state index in [1.807, 2.05) is 33.8 Å². The number of likely N-dealkylation sites (tertiary alicyclic amines) is 1. The van der Waals surface area contributed by atoms with Crippen LogP contribution in [0, 0.1) is 0 Å². The largest absolute Gasteiger partial charge is 0.593 e. The molecule has 37 heavy (non-hydrogen) atoms. The first-order valence-electron chi connectivity index (χ1n) is 12.2. The number of hydrogen-bond acceptors (Lipinski definition) is 7. The number of nitrogens with zero attached hydrogens (tertiary/aromatic N) is 1. The number of benzene rings is 2. The zero-order valence-electron chi connectivity index (χ0n) is 21.3. The van der Waals surface area contributed by atoms with Crippen molar-refractivity contribution in [2.75, 3.05) is 23.7 Å². The molecule has 2 aromatic carbocycles. The third kappa shape index (κ3) is 7.19. The molecule has 1 fully saturated rings. The second-order valence-corrected chi connectivity index (χ2v) is 12.7. The summed E-state index contributed by atoms with van der Waals surface area (Å²) in [5.74, 6) is -0.417. The van der Waals surface area contributed by atoms with Gasteiger partial charge in [-0.15, -0.1) is 16.5 Å². The van der Waals surface area contributed by atoms with Gasteiger partial charge >= 0.3 is 6.09 Å². The molecule has 2 unspecified atom stereocenters. The molecule has 2 aliphatic heterocycles. The Hall–Kier alpha value is -2.73. The highest BCUT2D eigenvalue weighted by Crippen LogP contribution is 2.36. The number of fused-ring (bicyclic) bond motifs is 1. The summed E-state index contributed by atoms with van der Waals surface area (Å²) in [6.45, 7) is 8.40. The highest BCUT2D eigenvalue weighted by molar-refractivity contribution is 8.01. The van der Waals surface area contributed by atoms with Gasteiger partial charge in [0.05, 0.1) is 28.3 Å². The number of ether oxygens (including phenoxy) is 1. The van der Waals surface area contributed by atoms with Crippen molar-refractivity contribution in [2.24, 2.45) is 0 Å². The molecule has 0 saturated carbocycles. The molecule has 1 saturated heterocycles. The second kappa shape index (κ2) is 11.3. The summed E-state index contributed by atoms with van der Waals surface area (Å²) in [6, 6.07) is 12.1. The van der Waals surface area contributed by atoms with Crippen molar-refractivity contribution >= 4 is 52.4 Å². The van der Waals surface area contributed by atoms with Gasteiger partial charge in [-0.05, 0) is 70.9 Å². The van der Waals surface area contributed by atoms with Gasteiger partial charge in [-0.25, -0.2) is 4.79 Å². The highest BCUT2D eigenvalue weighted by Gasteiger charge is 2.29. The predicted molar refractivity (Wildman–Crippen MR) is 145 cm³/mol. The monoisotopic (exact) mass is 544 g/mol. The van der Waals surface area contributed by atoms with Crippen LogP contribution < -0.4 is 15.4 Å². The first-order chi connectivity index (χ1) is 17.5. The van der Waals surface area contributed by atoms with E-state index < -0.39 is 17.0 Å². The molecule has 3 amide bonds. The summed E-state index contributed by atoms with van der Waals surface area (Å²) in [6.07, 6.45) is 0.992. The van der Waals surface area contributed by atoms with Crippen molar-refractivity contribution in [3.63, 3.8) is 0 Å². The van der Waals surface area contributed by atoms with Crippen molar-refractivity contribution < 1.29 is 23.7 Å². The van der Waals surface area contributed by atoms with Crippen LogP contribution in [0.5, 0.6) is 0 Å². The fraction of sp³-hybridized carbons (Fsp3) is 0.423. The van der Waals surface area contributed by atoms with Crippen LogP contribution in [-0.2, 0) is 20.9 Å². The van der Waals surface area contributed by atoms with Crippen LogP contribution in [0.4, 0.5) is 16.2 Å². The number of thioether (sulfide) groups is 1. The lowest BCUT2D eigenvalue weighted by Crippen LogP contribution is -2.47. The molecular weight excluding hydrogens is 512 g/mol. The number of amides is 3. The maximum atomic E-state index is 13.0. The summed E-state index contributed by atoms with van der Waals surface area (Å²) in [4.78, 5) is 40.2. The van der Waals surface area contributed by atoms with E-state index in [0.717, 1.165) is 4.90 Å². The van der Waals surface area contributed by atoms with Crippen molar-refractivity contribution in [1.82, 2.24) is 9.62 Å². The summed E-state index contributed by atoms with van der Waals surface area (Å²) < 4.78 is 21.5. The third-order valence-electron chi connectivity index (χ3n) is 5.90. The van der Waals surface area contributed by atoms with Gasteiger partial charge in [-0.2, -0.15) is 0 Å². The van der Waals surface area contributed by atoms with Crippen LogP contribution in [0.2, 0.25) is 0 Å². The topological polar surface area (TPSA) is 123 Å². The summed E-state index contributed by atoms with van der Waals surface area (Å²) in [7, 11) is 0. The molecule has 2 aliphatic rings. The fourth-order valence-electron chi connectivity index (χ4n) is 3.97. The predicted octanol–water partition coefficient (Wildman–Crippen LogP) is 4.38. The third-order valence-corrected chi connectivity index (χ3v) is 8.31. The summed E-state index contributed by atoms with van der Waals surface area (Å²) >= 11 is -0.0269. The first-order valence-corrected chi connectivity index (χ1v) is 14.2. The number of hydrogen-bond donors (Lipinski definition) is 3. The lowest BCUT2D eigenvalue weighted by molar-refractivity contribution is -0.115. The van der Waals surface area contributed by atoms with Gasteiger partial charge in [-0.3, -0.25) is 9.59 Å². The van der Waals surface area contributed by atoms with Crippen LogP contribution in [0.3, 0.4) is 0 Å². The smallest absolute Gasteiger partial charge is 0.410 e. The van der Waals surface area contributed by atoms with Gasteiger partial charge in [0.25, 0.3) is 5.91 Å². The van der Waals surface area contributed by atoms with E-state index in [1.165, 1.54) is 11.8 Å². The molecule has 0 aliphatic carbocycles. The van der Waals surface area contributed by atoms with Gasteiger partial charge < -0.3 is 24.8 Å². The molecule has 4 rings (SSSR count). The second-order valence-electron chi connectivity index (χ2n) is 10.1. The normalized spacial score (nSPS) is 19.0. The summed E-state index contributed by atoms with van der Waals surface area (Å²) in [5, 5.41) is 5.50. The van der Waals surface area contributed by atoms with Crippen molar-refractivity contribution in [3.05, 3.63) is 48.0 Å². The molecule has 9 nitrogen and oxygen atoms in total. The standard InChI is InChI=1S/C26H32N4O5S2/c1-16-23(31)28-21-14-17(8-9-22(21)36-16)24(32)27-19-6-5-7-20(15-19)37(34)29-18-10-12-30(13-11-18)25(33)35-26(2,3)4/h5-9,14-16,18,29H,10-13H2,1-4H3,(H,27,32)(H,28,31). The van der Waals surface area contributed by atoms with Gasteiger partial charge in [-0.1, -0.05) is 6.07 Å². The van der Waals surface area contributed by atoms with E-state index in [0.29, 0.717) is 47.8 Å². The van der Waals surface area contributed by atoms with E-state index in [2.05, 4.69) is 15.4 Å². The Labute approximate surface area is 224 Å². The Bertz CT molecular complexity index is 1180.